The van der Waals surface area contributed by atoms with E-state index in [2.05, 4.69) is 30.5 Å². The highest BCUT2D eigenvalue weighted by molar-refractivity contribution is 5.36. The summed E-state index contributed by atoms with van der Waals surface area (Å²) in [7, 11) is 0. The molecule has 0 aliphatic carbocycles. The first-order valence-electron chi connectivity index (χ1n) is 5.89. The maximum absolute atomic E-state index is 5.37. The zero-order valence-corrected chi connectivity index (χ0v) is 9.83. The molecule has 0 spiro atoms. The molecule has 0 saturated carbocycles. The fourth-order valence-electron chi connectivity index (χ4n) is 1.95. The van der Waals surface area contributed by atoms with Gasteiger partial charge in [-0.25, -0.2) is 15.0 Å². The van der Waals surface area contributed by atoms with Crippen molar-refractivity contribution in [3.05, 3.63) is 30.2 Å². The summed E-state index contributed by atoms with van der Waals surface area (Å²) in [6, 6.07) is 1.97. The van der Waals surface area contributed by atoms with Gasteiger partial charge in [0.05, 0.1) is 18.8 Å². The number of H-pyrrole nitrogens is 1. The molecule has 1 fully saturated rings. The van der Waals surface area contributed by atoms with Crippen molar-refractivity contribution in [2.75, 3.05) is 18.5 Å². The summed E-state index contributed by atoms with van der Waals surface area (Å²) in [6.45, 7) is 2.13. The Morgan fingerprint density at radius 1 is 1.33 bits per heavy atom. The number of ether oxygens (including phenoxy) is 1. The third-order valence-electron chi connectivity index (χ3n) is 2.94. The number of hydrogen-bond acceptors (Lipinski definition) is 6. The fraction of sp³-hybridized carbons (Fsp3) is 0.455. The van der Waals surface area contributed by atoms with Crippen molar-refractivity contribution in [3.63, 3.8) is 0 Å². The van der Waals surface area contributed by atoms with Crippen LogP contribution in [0.5, 0.6) is 0 Å². The molecule has 0 aromatic carbocycles. The molecule has 94 valence electrons. The van der Waals surface area contributed by atoms with Crippen LogP contribution in [0, 0.1) is 0 Å². The number of nitrogens with zero attached hydrogens (tertiary/aromatic N) is 4. The van der Waals surface area contributed by atoms with E-state index in [1.54, 1.807) is 6.33 Å². The molecule has 1 aliphatic rings. The van der Waals surface area contributed by atoms with Crippen LogP contribution in [0.25, 0.3) is 0 Å². The van der Waals surface area contributed by atoms with Gasteiger partial charge in [-0.15, -0.1) is 0 Å². The van der Waals surface area contributed by atoms with Crippen LogP contribution >= 0.6 is 0 Å². The second-order valence-corrected chi connectivity index (χ2v) is 4.17. The van der Waals surface area contributed by atoms with Crippen molar-refractivity contribution < 1.29 is 4.74 Å². The molecule has 1 aliphatic heterocycles. The molecule has 1 saturated heterocycles. The van der Waals surface area contributed by atoms with Gasteiger partial charge in [-0.3, -0.25) is 5.10 Å². The zero-order chi connectivity index (χ0) is 12.2. The summed E-state index contributed by atoms with van der Waals surface area (Å²) in [5.74, 6) is 1.96. The summed E-state index contributed by atoms with van der Waals surface area (Å²) in [5, 5.41) is 9.76. The maximum atomic E-state index is 5.37. The lowest BCUT2D eigenvalue weighted by Gasteiger charge is -2.08. The van der Waals surface area contributed by atoms with E-state index in [-0.39, 0.29) is 0 Å². The summed E-state index contributed by atoms with van der Waals surface area (Å²) in [6.07, 6.45) is 4.09. The van der Waals surface area contributed by atoms with Crippen LogP contribution in [0.3, 0.4) is 0 Å². The lowest BCUT2D eigenvalue weighted by molar-refractivity contribution is 0.193. The normalized spacial score (nSPS) is 19.0. The highest BCUT2D eigenvalue weighted by Gasteiger charge is 2.19. The average Bonchev–Trinajstić information content (AvgIpc) is 3.10. The van der Waals surface area contributed by atoms with E-state index in [1.807, 2.05) is 6.07 Å². The van der Waals surface area contributed by atoms with Crippen LogP contribution < -0.4 is 5.32 Å². The largest absolute Gasteiger partial charge is 0.381 e. The Labute approximate surface area is 104 Å². The van der Waals surface area contributed by atoms with Crippen molar-refractivity contribution in [3.8, 4) is 0 Å². The van der Waals surface area contributed by atoms with Gasteiger partial charge < -0.3 is 10.1 Å². The predicted octanol–water partition coefficient (Wildman–Crippen LogP) is 0.711. The Hall–Kier alpha value is -2.02. The lowest BCUT2D eigenvalue weighted by atomic mass is 10.1. The third-order valence-corrected chi connectivity index (χ3v) is 2.94. The van der Waals surface area contributed by atoms with E-state index in [1.165, 1.54) is 6.33 Å². The van der Waals surface area contributed by atoms with Gasteiger partial charge in [0.15, 0.2) is 0 Å². The fourth-order valence-corrected chi connectivity index (χ4v) is 1.95. The Bertz CT molecular complexity index is 494. The molecule has 3 rings (SSSR count). The molecule has 7 nitrogen and oxygen atoms in total. The minimum absolute atomic E-state index is 0.388. The zero-order valence-electron chi connectivity index (χ0n) is 9.83. The second-order valence-electron chi connectivity index (χ2n) is 4.17. The molecule has 3 heterocycles. The molecule has 1 unspecified atom stereocenters. The molecule has 2 N–H and O–H groups in total. The third kappa shape index (κ3) is 2.45. The predicted molar refractivity (Wildman–Crippen MR) is 63.9 cm³/mol. The second kappa shape index (κ2) is 5.09. The molecule has 2 aromatic heterocycles. The number of anilines is 1. The van der Waals surface area contributed by atoms with Gasteiger partial charge in [0.1, 0.15) is 24.3 Å². The standard InChI is InChI=1S/C11H14N6O/c1-2-18-5-8(1)9-3-10(14-6-13-9)12-4-11-15-7-16-17-11/h3,6-8H,1-2,4-5H2,(H,12,13,14)(H,15,16,17). The molecule has 0 amide bonds. The molecule has 1 atom stereocenters. The average molecular weight is 246 g/mol. The van der Waals surface area contributed by atoms with Crippen LogP contribution in [0.4, 0.5) is 5.82 Å². The van der Waals surface area contributed by atoms with Gasteiger partial charge in [-0.1, -0.05) is 0 Å². The van der Waals surface area contributed by atoms with Crippen LogP contribution in [-0.2, 0) is 11.3 Å². The first-order chi connectivity index (χ1) is 8.92. The van der Waals surface area contributed by atoms with Gasteiger partial charge in [-0.05, 0) is 6.42 Å². The van der Waals surface area contributed by atoms with Crippen molar-refractivity contribution in [2.45, 2.75) is 18.9 Å². The van der Waals surface area contributed by atoms with Crippen molar-refractivity contribution in [1.29, 1.82) is 0 Å². The minimum Gasteiger partial charge on any atom is -0.381 e. The number of rotatable bonds is 4. The first kappa shape index (κ1) is 11.1. The number of aromatic nitrogens is 5. The Kier molecular flexibility index (Phi) is 3.14. The Morgan fingerprint density at radius 2 is 2.33 bits per heavy atom. The highest BCUT2D eigenvalue weighted by atomic mass is 16.5. The van der Waals surface area contributed by atoms with Crippen molar-refractivity contribution in [2.24, 2.45) is 0 Å². The van der Waals surface area contributed by atoms with E-state index < -0.39 is 0 Å². The van der Waals surface area contributed by atoms with Gasteiger partial charge in [-0.2, -0.15) is 5.10 Å². The molecule has 2 aromatic rings. The van der Waals surface area contributed by atoms with E-state index in [0.29, 0.717) is 12.5 Å². The van der Waals surface area contributed by atoms with Gasteiger partial charge in [0, 0.05) is 18.6 Å². The molecule has 18 heavy (non-hydrogen) atoms. The van der Waals surface area contributed by atoms with E-state index >= 15 is 0 Å². The maximum Gasteiger partial charge on any atom is 0.143 e. The molecule has 7 heteroatoms. The van der Waals surface area contributed by atoms with E-state index in [9.17, 15) is 0 Å². The molecular formula is C11H14N6O. The minimum atomic E-state index is 0.388. The highest BCUT2D eigenvalue weighted by Crippen LogP contribution is 2.24. The van der Waals surface area contributed by atoms with Crippen molar-refractivity contribution >= 4 is 5.82 Å². The smallest absolute Gasteiger partial charge is 0.143 e. The number of hydrogen-bond donors (Lipinski definition) is 2. The van der Waals surface area contributed by atoms with E-state index in [0.717, 1.165) is 37.0 Å². The molecule has 0 radical (unpaired) electrons. The van der Waals surface area contributed by atoms with Crippen LogP contribution in [0.1, 0.15) is 23.9 Å². The number of nitrogens with one attached hydrogen (secondary N) is 2. The van der Waals surface area contributed by atoms with Crippen LogP contribution in [0.2, 0.25) is 0 Å². The summed E-state index contributed by atoms with van der Waals surface area (Å²) in [4.78, 5) is 12.5. The monoisotopic (exact) mass is 246 g/mol. The van der Waals surface area contributed by atoms with Crippen molar-refractivity contribution in [1.82, 2.24) is 25.1 Å². The Morgan fingerprint density at radius 3 is 3.11 bits per heavy atom. The van der Waals surface area contributed by atoms with Crippen LogP contribution in [0.15, 0.2) is 18.7 Å². The quantitative estimate of drug-likeness (QED) is 0.826. The van der Waals surface area contributed by atoms with Gasteiger partial charge in [0.25, 0.3) is 0 Å². The lowest BCUT2D eigenvalue weighted by Crippen LogP contribution is -2.06. The SMILES string of the molecule is c1nc(NCc2ncn[nH]2)cc(C2CCOC2)n1. The first-order valence-corrected chi connectivity index (χ1v) is 5.89. The number of aromatic amines is 1. The van der Waals surface area contributed by atoms with Gasteiger partial charge in [0.2, 0.25) is 0 Å². The van der Waals surface area contributed by atoms with Crippen LogP contribution in [-0.4, -0.2) is 38.4 Å². The Balaban J connectivity index is 1.66. The molecule has 0 bridgehead atoms. The summed E-state index contributed by atoms with van der Waals surface area (Å²) in [5.41, 5.74) is 1.03. The summed E-state index contributed by atoms with van der Waals surface area (Å²) >= 11 is 0. The summed E-state index contributed by atoms with van der Waals surface area (Å²) < 4.78 is 5.37. The van der Waals surface area contributed by atoms with E-state index in [4.69, 9.17) is 4.74 Å². The molecular weight excluding hydrogens is 232 g/mol. The topological polar surface area (TPSA) is 88.6 Å². The van der Waals surface area contributed by atoms with Gasteiger partial charge >= 0.3 is 0 Å².